The Hall–Kier alpha value is -1.96. The van der Waals surface area contributed by atoms with Gasteiger partial charge in [-0.3, -0.25) is 0 Å². The van der Waals surface area contributed by atoms with Crippen LogP contribution in [0.25, 0.3) is 16.8 Å². The highest BCUT2D eigenvalue weighted by molar-refractivity contribution is 5.92. The third kappa shape index (κ3) is 1.86. The first-order chi connectivity index (χ1) is 8.21. The summed E-state index contributed by atoms with van der Waals surface area (Å²) in [4.78, 5) is 0. The van der Waals surface area contributed by atoms with Crippen LogP contribution in [0.4, 0.5) is 0 Å². The molecule has 2 rings (SSSR count). The van der Waals surface area contributed by atoms with Gasteiger partial charge in [-0.15, -0.1) is 0 Å². The first kappa shape index (κ1) is 11.5. The van der Waals surface area contributed by atoms with Gasteiger partial charge in [0.1, 0.15) is 11.5 Å². The van der Waals surface area contributed by atoms with Crippen molar-refractivity contribution in [1.29, 1.82) is 0 Å². The molecule has 0 saturated heterocycles. The second-order valence-corrected chi connectivity index (χ2v) is 3.92. The lowest BCUT2D eigenvalue weighted by Gasteiger charge is -2.13. The number of benzene rings is 2. The highest BCUT2D eigenvalue weighted by Crippen LogP contribution is 2.36. The van der Waals surface area contributed by atoms with Crippen LogP contribution < -0.4 is 9.47 Å². The molecule has 0 aliphatic heterocycles. The molecule has 0 unspecified atom stereocenters. The molecule has 0 aromatic heterocycles. The van der Waals surface area contributed by atoms with Crippen LogP contribution in [0.15, 0.2) is 30.8 Å². The maximum absolute atomic E-state index is 5.47. The Morgan fingerprint density at radius 1 is 1.12 bits per heavy atom. The maximum atomic E-state index is 5.47. The molecule has 0 radical (unpaired) electrons. The van der Waals surface area contributed by atoms with Crippen LogP contribution in [0.1, 0.15) is 11.1 Å². The molecule has 2 aromatic carbocycles. The van der Waals surface area contributed by atoms with Crippen LogP contribution >= 0.6 is 0 Å². The standard InChI is InChI=1S/C15H16O2/c1-5-11-6-7-13-12(8-11)9-14(16-3)10(2)15(13)17-4/h5-9H,1H2,2-4H3. The van der Waals surface area contributed by atoms with Crippen LogP contribution in [-0.2, 0) is 0 Å². The van der Waals surface area contributed by atoms with E-state index in [2.05, 4.69) is 18.7 Å². The van der Waals surface area contributed by atoms with Crippen molar-refractivity contribution in [3.63, 3.8) is 0 Å². The fourth-order valence-electron chi connectivity index (χ4n) is 2.07. The zero-order valence-electron chi connectivity index (χ0n) is 10.4. The highest BCUT2D eigenvalue weighted by atomic mass is 16.5. The van der Waals surface area contributed by atoms with Crippen LogP contribution in [0, 0.1) is 6.92 Å². The van der Waals surface area contributed by atoms with Crippen molar-refractivity contribution in [1.82, 2.24) is 0 Å². The van der Waals surface area contributed by atoms with E-state index in [0.717, 1.165) is 33.4 Å². The first-order valence-electron chi connectivity index (χ1n) is 5.49. The topological polar surface area (TPSA) is 18.5 Å². The first-order valence-corrected chi connectivity index (χ1v) is 5.49. The monoisotopic (exact) mass is 228 g/mol. The van der Waals surface area contributed by atoms with Gasteiger partial charge in [0.2, 0.25) is 0 Å². The fraction of sp³-hybridized carbons (Fsp3) is 0.200. The van der Waals surface area contributed by atoms with Gasteiger partial charge in [0.25, 0.3) is 0 Å². The molecule has 0 heterocycles. The Kier molecular flexibility index (Phi) is 3.05. The van der Waals surface area contributed by atoms with Crippen molar-refractivity contribution in [3.05, 3.63) is 42.0 Å². The van der Waals surface area contributed by atoms with Crippen molar-refractivity contribution in [2.45, 2.75) is 6.92 Å². The number of fused-ring (bicyclic) bond motifs is 1. The molecule has 2 nitrogen and oxygen atoms in total. The predicted octanol–water partition coefficient (Wildman–Crippen LogP) is 3.81. The van der Waals surface area contributed by atoms with Crippen molar-refractivity contribution >= 4 is 16.8 Å². The zero-order valence-corrected chi connectivity index (χ0v) is 10.4. The van der Waals surface area contributed by atoms with Gasteiger partial charge in [-0.05, 0) is 30.0 Å². The zero-order chi connectivity index (χ0) is 12.4. The van der Waals surface area contributed by atoms with Gasteiger partial charge in [0.05, 0.1) is 14.2 Å². The minimum Gasteiger partial charge on any atom is -0.496 e. The molecule has 0 N–H and O–H groups in total. The summed E-state index contributed by atoms with van der Waals surface area (Å²) in [5.74, 6) is 1.71. The maximum Gasteiger partial charge on any atom is 0.133 e. The molecule has 0 amide bonds. The summed E-state index contributed by atoms with van der Waals surface area (Å²) in [6, 6.07) is 8.19. The van der Waals surface area contributed by atoms with E-state index in [1.54, 1.807) is 14.2 Å². The lowest BCUT2D eigenvalue weighted by Crippen LogP contribution is -1.94. The number of hydrogen-bond donors (Lipinski definition) is 0. The van der Waals surface area contributed by atoms with E-state index >= 15 is 0 Å². The fourth-order valence-corrected chi connectivity index (χ4v) is 2.07. The van der Waals surface area contributed by atoms with Gasteiger partial charge >= 0.3 is 0 Å². The summed E-state index contributed by atoms with van der Waals surface area (Å²) in [6.07, 6.45) is 1.83. The van der Waals surface area contributed by atoms with E-state index in [1.165, 1.54) is 0 Å². The number of methoxy groups -OCH3 is 2. The molecule has 0 atom stereocenters. The number of hydrogen-bond acceptors (Lipinski definition) is 2. The Morgan fingerprint density at radius 3 is 2.47 bits per heavy atom. The van der Waals surface area contributed by atoms with Crippen molar-refractivity contribution < 1.29 is 9.47 Å². The van der Waals surface area contributed by atoms with Gasteiger partial charge in [-0.1, -0.05) is 24.8 Å². The lowest BCUT2D eigenvalue weighted by molar-refractivity contribution is 0.392. The molecule has 0 bridgehead atoms. The van der Waals surface area contributed by atoms with Crippen LogP contribution in [0.2, 0.25) is 0 Å². The molecule has 0 spiro atoms. The van der Waals surface area contributed by atoms with E-state index in [0.29, 0.717) is 0 Å². The van der Waals surface area contributed by atoms with E-state index in [1.807, 2.05) is 25.1 Å². The third-order valence-corrected chi connectivity index (χ3v) is 2.98. The van der Waals surface area contributed by atoms with Crippen LogP contribution in [0.3, 0.4) is 0 Å². The molecule has 0 fully saturated rings. The summed E-state index contributed by atoms with van der Waals surface area (Å²) in [5, 5.41) is 2.19. The highest BCUT2D eigenvalue weighted by Gasteiger charge is 2.10. The summed E-state index contributed by atoms with van der Waals surface area (Å²) in [6.45, 7) is 5.78. The molecular formula is C15H16O2. The van der Waals surface area contributed by atoms with Crippen LogP contribution in [0.5, 0.6) is 11.5 Å². The SMILES string of the molecule is C=Cc1ccc2c(OC)c(C)c(OC)cc2c1. The summed E-state index contributed by atoms with van der Waals surface area (Å²) in [5.41, 5.74) is 2.11. The Labute approximate surface area is 101 Å². The van der Waals surface area contributed by atoms with Crippen molar-refractivity contribution in [2.75, 3.05) is 14.2 Å². The Bertz CT molecular complexity index is 571. The largest absolute Gasteiger partial charge is 0.496 e. The summed E-state index contributed by atoms with van der Waals surface area (Å²) < 4.78 is 10.8. The molecule has 0 aliphatic carbocycles. The van der Waals surface area contributed by atoms with Crippen molar-refractivity contribution in [3.8, 4) is 11.5 Å². The summed E-state index contributed by atoms with van der Waals surface area (Å²) in [7, 11) is 3.35. The normalized spacial score (nSPS) is 10.3. The molecule has 88 valence electrons. The smallest absolute Gasteiger partial charge is 0.133 e. The average molecular weight is 228 g/mol. The average Bonchev–Trinajstić information content (AvgIpc) is 2.37. The molecular weight excluding hydrogens is 212 g/mol. The number of ether oxygens (including phenoxy) is 2. The van der Waals surface area contributed by atoms with Gasteiger partial charge < -0.3 is 9.47 Å². The molecule has 2 heteroatoms. The van der Waals surface area contributed by atoms with Gasteiger partial charge in [-0.2, -0.15) is 0 Å². The van der Waals surface area contributed by atoms with Crippen molar-refractivity contribution in [2.24, 2.45) is 0 Å². The lowest BCUT2D eigenvalue weighted by atomic mass is 10.0. The second kappa shape index (κ2) is 4.50. The van der Waals surface area contributed by atoms with Gasteiger partial charge in [0, 0.05) is 10.9 Å². The van der Waals surface area contributed by atoms with E-state index < -0.39 is 0 Å². The second-order valence-electron chi connectivity index (χ2n) is 3.92. The molecule has 2 aromatic rings. The third-order valence-electron chi connectivity index (χ3n) is 2.98. The predicted molar refractivity (Wildman–Crippen MR) is 71.9 cm³/mol. The quantitative estimate of drug-likeness (QED) is 0.795. The molecule has 0 aliphatic rings. The molecule has 0 saturated carbocycles. The van der Waals surface area contributed by atoms with Gasteiger partial charge in [0.15, 0.2) is 0 Å². The molecule has 17 heavy (non-hydrogen) atoms. The summed E-state index contributed by atoms with van der Waals surface area (Å²) >= 11 is 0. The Morgan fingerprint density at radius 2 is 1.88 bits per heavy atom. The van der Waals surface area contributed by atoms with E-state index in [4.69, 9.17) is 9.47 Å². The Balaban J connectivity index is 2.82. The van der Waals surface area contributed by atoms with Crippen LogP contribution in [-0.4, -0.2) is 14.2 Å². The van der Waals surface area contributed by atoms with E-state index in [-0.39, 0.29) is 0 Å². The van der Waals surface area contributed by atoms with Gasteiger partial charge in [-0.25, -0.2) is 0 Å². The minimum absolute atomic E-state index is 0.843. The van der Waals surface area contributed by atoms with E-state index in [9.17, 15) is 0 Å². The number of rotatable bonds is 3. The minimum atomic E-state index is 0.843.